The molecule has 0 radical (unpaired) electrons. The lowest BCUT2D eigenvalue weighted by Crippen LogP contribution is -2.14. The third-order valence-electron chi connectivity index (χ3n) is 5.05. The van der Waals surface area contributed by atoms with Crippen molar-refractivity contribution in [3.8, 4) is 22.5 Å². The second-order valence-corrected chi connectivity index (χ2v) is 8.03. The first-order valence-corrected chi connectivity index (χ1v) is 10.9. The van der Waals surface area contributed by atoms with Crippen LogP contribution in [0.5, 0.6) is 0 Å². The molecular weight excluding hydrogens is 441 g/mol. The Balaban J connectivity index is 1.80. The number of halogens is 3. The van der Waals surface area contributed by atoms with E-state index in [1.807, 2.05) is 0 Å². The van der Waals surface area contributed by atoms with Crippen molar-refractivity contribution in [2.75, 3.05) is 6.54 Å². The number of nitrogens with zero attached hydrogens (tertiary/aromatic N) is 3. The van der Waals surface area contributed by atoms with Crippen LogP contribution in [0.15, 0.2) is 60.7 Å². The summed E-state index contributed by atoms with van der Waals surface area (Å²) < 4.78 is 67.0. The van der Waals surface area contributed by atoms with Crippen LogP contribution >= 0.6 is 0 Å². The molecule has 0 atom stereocenters. The number of aromatic nitrogens is 3. The molecule has 6 nitrogen and oxygen atoms in total. The number of rotatable bonds is 6. The van der Waals surface area contributed by atoms with E-state index in [0.29, 0.717) is 17.5 Å². The number of hydrogen-bond acceptors (Lipinski definition) is 4. The number of nitrogens with one attached hydrogen (secondary N) is 1. The smallest absolute Gasteiger partial charge is 0.250 e. The standard InChI is InChI=1S/C22H19F3N4O2S/c1-29-21-19(20(28-29)16-5-3-2-4-6-16)17(22(23,24)25)13-18(27-21)15-9-7-14(8-10-15)11-12-26-32(30)31/h2-10,13,32H,11-12H2,1H3,(H,26,30,31). The van der Waals surface area contributed by atoms with Gasteiger partial charge in [-0.3, -0.25) is 0 Å². The summed E-state index contributed by atoms with van der Waals surface area (Å²) in [5.41, 5.74) is 1.71. The van der Waals surface area contributed by atoms with Gasteiger partial charge in [-0.05, 0) is 18.1 Å². The van der Waals surface area contributed by atoms with E-state index in [-0.39, 0.29) is 29.0 Å². The number of hydrogen-bond donors (Lipinski definition) is 2. The minimum Gasteiger partial charge on any atom is -0.250 e. The topological polar surface area (TPSA) is 76.9 Å². The SMILES string of the molecule is Cn1nc(-c2ccccc2)c2c(C(F)(F)F)cc(-c3ccc(CCN[SH](=O)=O)cc3)nc21. The molecule has 0 spiro atoms. The highest BCUT2D eigenvalue weighted by Gasteiger charge is 2.36. The molecule has 2 aromatic carbocycles. The van der Waals surface area contributed by atoms with Crippen LogP contribution in [0.2, 0.25) is 0 Å². The summed E-state index contributed by atoms with van der Waals surface area (Å²) in [6.45, 7) is 0.248. The van der Waals surface area contributed by atoms with Crippen LogP contribution in [0, 0.1) is 0 Å². The Bertz CT molecular complexity index is 1320. The van der Waals surface area contributed by atoms with Gasteiger partial charge in [-0.25, -0.2) is 22.8 Å². The maximum absolute atomic E-state index is 14.1. The number of thiol groups is 1. The molecule has 2 aromatic heterocycles. The van der Waals surface area contributed by atoms with Crippen LogP contribution in [0.3, 0.4) is 0 Å². The van der Waals surface area contributed by atoms with Crippen LogP contribution in [0.25, 0.3) is 33.5 Å². The van der Waals surface area contributed by atoms with Gasteiger partial charge in [0.2, 0.25) is 10.9 Å². The van der Waals surface area contributed by atoms with Gasteiger partial charge in [-0.1, -0.05) is 54.6 Å². The van der Waals surface area contributed by atoms with Gasteiger partial charge < -0.3 is 0 Å². The quantitative estimate of drug-likeness (QED) is 0.427. The molecule has 10 heteroatoms. The van der Waals surface area contributed by atoms with Crippen molar-refractivity contribution < 1.29 is 21.6 Å². The summed E-state index contributed by atoms with van der Waals surface area (Å²) in [5.74, 6) is 0. The van der Waals surface area contributed by atoms with E-state index < -0.39 is 22.6 Å². The normalized spacial score (nSPS) is 12.0. The molecule has 0 unspecified atom stereocenters. The van der Waals surface area contributed by atoms with E-state index in [0.717, 1.165) is 11.6 Å². The van der Waals surface area contributed by atoms with Gasteiger partial charge in [0.1, 0.15) is 5.69 Å². The average molecular weight is 460 g/mol. The summed E-state index contributed by atoms with van der Waals surface area (Å²) >= 11 is 0. The lowest BCUT2D eigenvalue weighted by Gasteiger charge is -2.12. The molecule has 0 bridgehead atoms. The van der Waals surface area contributed by atoms with Crippen molar-refractivity contribution in [3.05, 3.63) is 71.8 Å². The van der Waals surface area contributed by atoms with E-state index in [1.54, 1.807) is 61.6 Å². The molecular formula is C22H19F3N4O2S. The fraction of sp³-hybridized carbons (Fsp3) is 0.182. The number of benzene rings is 2. The number of aryl methyl sites for hydroxylation is 1. The van der Waals surface area contributed by atoms with E-state index in [1.165, 1.54) is 4.68 Å². The second kappa shape index (κ2) is 8.71. The van der Waals surface area contributed by atoms with Gasteiger partial charge in [0.25, 0.3) is 0 Å². The van der Waals surface area contributed by atoms with Gasteiger partial charge in [0.15, 0.2) is 5.65 Å². The summed E-state index contributed by atoms with van der Waals surface area (Å²) in [5, 5.41) is 4.29. The highest BCUT2D eigenvalue weighted by Crippen LogP contribution is 2.40. The predicted molar refractivity (Wildman–Crippen MR) is 116 cm³/mol. The van der Waals surface area contributed by atoms with E-state index in [9.17, 15) is 21.6 Å². The maximum Gasteiger partial charge on any atom is 0.417 e. The second-order valence-electron chi connectivity index (χ2n) is 7.20. The first-order valence-electron chi connectivity index (χ1n) is 9.71. The molecule has 0 saturated heterocycles. The van der Waals surface area contributed by atoms with Crippen molar-refractivity contribution in [2.24, 2.45) is 7.05 Å². The lowest BCUT2D eigenvalue weighted by atomic mass is 10.0. The fourth-order valence-electron chi connectivity index (χ4n) is 3.55. The number of pyridine rings is 1. The molecule has 0 aliphatic heterocycles. The lowest BCUT2D eigenvalue weighted by molar-refractivity contribution is -0.136. The number of alkyl halides is 3. The first-order chi connectivity index (χ1) is 15.2. The van der Waals surface area contributed by atoms with Gasteiger partial charge in [0.05, 0.1) is 16.6 Å². The van der Waals surface area contributed by atoms with Gasteiger partial charge in [0, 0.05) is 24.7 Å². The molecule has 4 rings (SSSR count). The van der Waals surface area contributed by atoms with Gasteiger partial charge in [-0.15, -0.1) is 0 Å². The zero-order valence-corrected chi connectivity index (χ0v) is 17.8. The molecule has 0 fully saturated rings. The van der Waals surface area contributed by atoms with Crippen LogP contribution in [-0.4, -0.2) is 29.7 Å². The van der Waals surface area contributed by atoms with Crippen molar-refractivity contribution in [1.29, 1.82) is 0 Å². The Morgan fingerprint density at radius 3 is 2.31 bits per heavy atom. The zero-order chi connectivity index (χ0) is 22.9. The van der Waals surface area contributed by atoms with Gasteiger partial charge >= 0.3 is 6.18 Å². The third-order valence-corrected chi connectivity index (χ3v) is 5.53. The number of fused-ring (bicyclic) bond motifs is 1. The Morgan fingerprint density at radius 1 is 1.00 bits per heavy atom. The molecule has 0 amide bonds. The zero-order valence-electron chi connectivity index (χ0n) is 16.9. The maximum atomic E-state index is 14.1. The Hall–Kier alpha value is -3.24. The Kier molecular flexibility index (Phi) is 5.98. The Labute approximate surface area is 183 Å². The fourth-order valence-corrected chi connectivity index (χ4v) is 3.84. The minimum absolute atomic E-state index is 0.0376. The predicted octanol–water partition coefficient (Wildman–Crippen LogP) is 3.98. The van der Waals surface area contributed by atoms with Crippen LogP contribution in [-0.2, 0) is 30.5 Å². The summed E-state index contributed by atoms with van der Waals surface area (Å²) in [4.78, 5) is 4.49. The monoisotopic (exact) mass is 460 g/mol. The first kappa shape index (κ1) is 22.0. The molecule has 1 N–H and O–H groups in total. The van der Waals surface area contributed by atoms with Crippen LogP contribution in [0.1, 0.15) is 11.1 Å². The van der Waals surface area contributed by atoms with Crippen molar-refractivity contribution >= 4 is 21.9 Å². The van der Waals surface area contributed by atoms with Crippen LogP contribution < -0.4 is 4.72 Å². The minimum atomic E-state index is -4.59. The average Bonchev–Trinajstić information content (AvgIpc) is 3.10. The molecule has 32 heavy (non-hydrogen) atoms. The highest BCUT2D eigenvalue weighted by molar-refractivity contribution is 7.70. The molecule has 0 saturated carbocycles. The molecule has 166 valence electrons. The highest BCUT2D eigenvalue weighted by atomic mass is 32.2. The van der Waals surface area contributed by atoms with E-state index >= 15 is 0 Å². The molecule has 4 aromatic rings. The van der Waals surface area contributed by atoms with Crippen molar-refractivity contribution in [3.63, 3.8) is 0 Å². The summed E-state index contributed by atoms with van der Waals surface area (Å²) in [7, 11) is -1.09. The molecule has 0 aliphatic carbocycles. The largest absolute Gasteiger partial charge is 0.417 e. The molecule has 2 heterocycles. The summed E-state index contributed by atoms with van der Waals surface area (Å²) in [6, 6.07) is 16.6. The van der Waals surface area contributed by atoms with Crippen LogP contribution in [0.4, 0.5) is 13.2 Å². The Morgan fingerprint density at radius 2 is 1.69 bits per heavy atom. The van der Waals surface area contributed by atoms with Crippen molar-refractivity contribution in [2.45, 2.75) is 12.6 Å². The van der Waals surface area contributed by atoms with E-state index in [4.69, 9.17) is 0 Å². The van der Waals surface area contributed by atoms with Crippen molar-refractivity contribution in [1.82, 2.24) is 19.5 Å². The third kappa shape index (κ3) is 4.51. The summed E-state index contributed by atoms with van der Waals surface area (Å²) in [6.07, 6.45) is -4.13. The van der Waals surface area contributed by atoms with E-state index in [2.05, 4.69) is 14.8 Å². The molecule has 0 aliphatic rings. The van der Waals surface area contributed by atoms with Gasteiger partial charge in [-0.2, -0.15) is 18.3 Å².